The number of ketones is 1. The smallest absolute Gasteiger partial charge is 0.198 e. The number of aromatic nitrogens is 2. The summed E-state index contributed by atoms with van der Waals surface area (Å²) < 4.78 is 3.42. The summed E-state index contributed by atoms with van der Waals surface area (Å²) in [6.45, 7) is 0.202. The third kappa shape index (κ3) is 1.75. The van der Waals surface area contributed by atoms with Crippen LogP contribution in [-0.4, -0.2) is 14.9 Å². The van der Waals surface area contributed by atoms with Crippen LogP contribution in [0.5, 0.6) is 0 Å². The highest BCUT2D eigenvalue weighted by Crippen LogP contribution is 2.06. The van der Waals surface area contributed by atoms with E-state index in [-0.39, 0.29) is 12.3 Å². The first-order valence-electron chi connectivity index (χ1n) is 4.92. The lowest BCUT2D eigenvalue weighted by Crippen LogP contribution is -2.13. The van der Waals surface area contributed by atoms with Gasteiger partial charge in [-0.3, -0.25) is 4.79 Å². The highest BCUT2D eigenvalue weighted by Gasteiger charge is 2.10. The average Bonchev–Trinajstić information content (AvgIpc) is 2.86. The highest BCUT2D eigenvalue weighted by atomic mass is 16.1. The summed E-state index contributed by atoms with van der Waals surface area (Å²) in [7, 11) is 1.83. The molecule has 0 aliphatic heterocycles. The Bertz CT molecular complexity index is 557. The van der Waals surface area contributed by atoms with Crippen LogP contribution in [0.2, 0.25) is 0 Å². The molecule has 2 aromatic rings. The molecule has 16 heavy (non-hydrogen) atoms. The molecule has 2 rings (SSSR count). The van der Waals surface area contributed by atoms with Gasteiger partial charge in [0, 0.05) is 19.4 Å². The number of hydrogen-bond acceptors (Lipinski definition) is 2. The average molecular weight is 213 g/mol. The first kappa shape index (κ1) is 10.2. The van der Waals surface area contributed by atoms with Crippen LogP contribution in [0, 0.1) is 11.3 Å². The van der Waals surface area contributed by atoms with Gasteiger partial charge in [-0.15, -0.1) is 0 Å². The molecule has 0 fully saturated rings. The molecule has 0 aromatic carbocycles. The van der Waals surface area contributed by atoms with Crippen LogP contribution in [0.3, 0.4) is 0 Å². The van der Waals surface area contributed by atoms with E-state index in [1.54, 1.807) is 33.5 Å². The van der Waals surface area contributed by atoms with E-state index in [0.29, 0.717) is 11.4 Å². The molecular formula is C12H11N3O. The maximum atomic E-state index is 11.9. The van der Waals surface area contributed by atoms with E-state index in [1.165, 1.54) is 0 Å². The van der Waals surface area contributed by atoms with Crippen LogP contribution >= 0.6 is 0 Å². The molecule has 2 aromatic heterocycles. The Balaban J connectivity index is 2.21. The number of carbonyl (C=O) groups is 1. The minimum absolute atomic E-state index is 0.000185. The zero-order valence-corrected chi connectivity index (χ0v) is 8.92. The van der Waals surface area contributed by atoms with Crippen molar-refractivity contribution >= 4 is 5.78 Å². The molecule has 0 saturated heterocycles. The molecule has 0 saturated carbocycles. The summed E-state index contributed by atoms with van der Waals surface area (Å²) in [6.07, 6.45) is 3.56. The molecule has 0 bridgehead atoms. The van der Waals surface area contributed by atoms with Gasteiger partial charge in [0.1, 0.15) is 11.8 Å². The van der Waals surface area contributed by atoms with E-state index in [1.807, 2.05) is 25.4 Å². The third-order valence-corrected chi connectivity index (χ3v) is 2.49. The molecular weight excluding hydrogens is 202 g/mol. The van der Waals surface area contributed by atoms with Crippen LogP contribution in [-0.2, 0) is 13.6 Å². The van der Waals surface area contributed by atoms with Crippen molar-refractivity contribution in [3.05, 3.63) is 48.0 Å². The maximum Gasteiger partial charge on any atom is 0.198 e. The normalized spacial score (nSPS) is 10.0. The van der Waals surface area contributed by atoms with Gasteiger partial charge in [-0.25, -0.2) is 0 Å². The number of aryl methyl sites for hydroxylation is 1. The fourth-order valence-electron chi connectivity index (χ4n) is 1.64. The predicted octanol–water partition coefficient (Wildman–Crippen LogP) is 1.58. The van der Waals surface area contributed by atoms with Gasteiger partial charge in [-0.2, -0.15) is 5.26 Å². The van der Waals surface area contributed by atoms with Crippen LogP contribution in [0.4, 0.5) is 0 Å². The van der Waals surface area contributed by atoms with Gasteiger partial charge in [0.15, 0.2) is 5.78 Å². The molecule has 80 valence electrons. The first-order chi connectivity index (χ1) is 7.72. The Kier molecular flexibility index (Phi) is 2.61. The SMILES string of the molecule is Cn1cccc1C(=O)Cn1cccc1C#N. The van der Waals surface area contributed by atoms with Gasteiger partial charge < -0.3 is 9.13 Å². The van der Waals surface area contributed by atoms with Crippen molar-refractivity contribution in [1.82, 2.24) is 9.13 Å². The van der Waals surface area contributed by atoms with Gasteiger partial charge in [-0.1, -0.05) is 0 Å². The van der Waals surface area contributed by atoms with E-state index < -0.39 is 0 Å². The van der Waals surface area contributed by atoms with E-state index in [9.17, 15) is 4.79 Å². The summed E-state index contributed by atoms with van der Waals surface area (Å²) in [5.74, 6) is 0.000185. The zero-order chi connectivity index (χ0) is 11.5. The standard InChI is InChI=1S/C12H11N3O/c1-14-6-3-5-11(14)12(16)9-15-7-2-4-10(15)8-13/h2-7H,9H2,1H3. The summed E-state index contributed by atoms with van der Waals surface area (Å²) in [5.41, 5.74) is 1.15. The fourth-order valence-corrected chi connectivity index (χ4v) is 1.64. The largest absolute Gasteiger partial charge is 0.348 e. The summed E-state index contributed by atoms with van der Waals surface area (Å²) in [5, 5.41) is 8.82. The van der Waals surface area contributed by atoms with Crippen molar-refractivity contribution in [2.45, 2.75) is 6.54 Å². The van der Waals surface area contributed by atoms with Gasteiger partial charge in [0.25, 0.3) is 0 Å². The Morgan fingerprint density at radius 1 is 1.38 bits per heavy atom. The monoisotopic (exact) mass is 213 g/mol. The molecule has 0 unspecified atom stereocenters. The van der Waals surface area contributed by atoms with E-state index in [4.69, 9.17) is 5.26 Å². The second-order valence-electron chi connectivity index (χ2n) is 3.56. The number of nitrogens with zero attached hydrogens (tertiary/aromatic N) is 3. The molecule has 0 atom stereocenters. The molecule has 0 aliphatic rings. The van der Waals surface area contributed by atoms with Crippen molar-refractivity contribution in [1.29, 1.82) is 5.26 Å². The van der Waals surface area contributed by atoms with Crippen LogP contribution in [0.1, 0.15) is 16.2 Å². The lowest BCUT2D eigenvalue weighted by atomic mass is 10.3. The van der Waals surface area contributed by atoms with Gasteiger partial charge in [0.05, 0.1) is 12.2 Å². The maximum absolute atomic E-state index is 11.9. The third-order valence-electron chi connectivity index (χ3n) is 2.49. The predicted molar refractivity (Wildman–Crippen MR) is 58.9 cm³/mol. The number of Topliss-reactive ketones (excluding diaryl/α,β-unsaturated/α-hetero) is 1. The molecule has 2 heterocycles. The fraction of sp³-hybridized carbons (Fsp3) is 0.167. The van der Waals surface area contributed by atoms with Crippen molar-refractivity contribution in [2.75, 3.05) is 0 Å². The molecule has 0 radical (unpaired) electrons. The Hall–Kier alpha value is -2.28. The van der Waals surface area contributed by atoms with Crippen molar-refractivity contribution in [3.63, 3.8) is 0 Å². The minimum atomic E-state index is 0.000185. The van der Waals surface area contributed by atoms with Crippen LogP contribution in [0.15, 0.2) is 36.7 Å². The number of carbonyl (C=O) groups excluding carboxylic acids is 1. The van der Waals surface area contributed by atoms with Crippen LogP contribution < -0.4 is 0 Å². The molecule has 0 amide bonds. The van der Waals surface area contributed by atoms with Gasteiger partial charge >= 0.3 is 0 Å². The van der Waals surface area contributed by atoms with Crippen molar-refractivity contribution in [2.24, 2.45) is 7.05 Å². The zero-order valence-electron chi connectivity index (χ0n) is 8.92. The quantitative estimate of drug-likeness (QED) is 0.727. The minimum Gasteiger partial charge on any atom is -0.348 e. The molecule has 0 spiro atoms. The number of hydrogen-bond donors (Lipinski definition) is 0. The highest BCUT2D eigenvalue weighted by molar-refractivity contribution is 5.94. The Labute approximate surface area is 93.3 Å². The van der Waals surface area contributed by atoms with E-state index in [0.717, 1.165) is 0 Å². The van der Waals surface area contributed by atoms with Gasteiger partial charge in [-0.05, 0) is 24.3 Å². The van der Waals surface area contributed by atoms with Crippen LogP contribution in [0.25, 0.3) is 0 Å². The molecule has 4 nitrogen and oxygen atoms in total. The summed E-state index contributed by atoms with van der Waals surface area (Å²) in [6, 6.07) is 9.10. The second kappa shape index (κ2) is 4.07. The van der Waals surface area contributed by atoms with Crippen molar-refractivity contribution < 1.29 is 4.79 Å². The second-order valence-corrected chi connectivity index (χ2v) is 3.56. The lowest BCUT2D eigenvalue weighted by Gasteiger charge is -2.04. The molecule has 0 N–H and O–H groups in total. The molecule has 0 aliphatic carbocycles. The Morgan fingerprint density at radius 2 is 2.12 bits per heavy atom. The summed E-state index contributed by atoms with van der Waals surface area (Å²) in [4.78, 5) is 11.9. The molecule has 4 heteroatoms. The first-order valence-corrected chi connectivity index (χ1v) is 4.92. The van der Waals surface area contributed by atoms with Gasteiger partial charge in [0.2, 0.25) is 0 Å². The van der Waals surface area contributed by atoms with E-state index in [2.05, 4.69) is 0 Å². The van der Waals surface area contributed by atoms with E-state index >= 15 is 0 Å². The van der Waals surface area contributed by atoms with Crippen molar-refractivity contribution in [3.8, 4) is 6.07 Å². The Morgan fingerprint density at radius 3 is 2.75 bits per heavy atom. The number of rotatable bonds is 3. The number of nitriles is 1. The topological polar surface area (TPSA) is 50.7 Å². The summed E-state index contributed by atoms with van der Waals surface area (Å²) >= 11 is 0. The lowest BCUT2D eigenvalue weighted by molar-refractivity contribution is 0.0964.